The van der Waals surface area contributed by atoms with Gasteiger partial charge in [0.05, 0.1) is 26.9 Å². The molecule has 2 aromatic heterocycles. The minimum Gasteiger partial charge on any atom is -0.790 e. The van der Waals surface area contributed by atoms with Crippen molar-refractivity contribution >= 4 is 40.6 Å². The van der Waals surface area contributed by atoms with E-state index in [0.717, 1.165) is 0 Å². The molecular weight excluding hydrogens is 560 g/mol. The van der Waals surface area contributed by atoms with Crippen LogP contribution in [0.5, 0.6) is 0 Å². The summed E-state index contributed by atoms with van der Waals surface area (Å²) >= 11 is 0. The van der Waals surface area contributed by atoms with Gasteiger partial charge in [-0.05, 0) is 0 Å². The summed E-state index contributed by atoms with van der Waals surface area (Å²) in [5, 5.41) is 10.1. The average Bonchev–Trinajstić information content (AvgIpc) is 3.13. The number of fused-ring (bicyclic) bond motifs is 1. The van der Waals surface area contributed by atoms with Crippen LogP contribution in [-0.4, -0.2) is 48.3 Å². The Kier molecular flexibility index (Phi) is 14.1. The van der Waals surface area contributed by atoms with Crippen molar-refractivity contribution in [1.29, 1.82) is 0 Å². The van der Waals surface area contributed by atoms with Gasteiger partial charge in [0.15, 0.2) is 11.2 Å². The quantitative estimate of drug-likeness (QED) is 0.168. The summed E-state index contributed by atoms with van der Waals surface area (Å²) in [6.07, 6.45) is -2.52. The SMILES string of the molecule is Nc1nc2c(ncn2[C@H]2C[C@H](O)[C@@H](COP(=O)(O)OP(=O)([O-])OP(=O)([O-])[O-])O2)c(=O)[nH]1.[Na+].[Na+].[Na+]. The maximum atomic E-state index is 11.8. The van der Waals surface area contributed by atoms with E-state index in [9.17, 15) is 43.2 Å². The molecule has 18 nitrogen and oxygen atoms in total. The third-order valence-corrected chi connectivity index (χ3v) is 7.47. The van der Waals surface area contributed by atoms with E-state index < -0.39 is 54.1 Å². The molecule has 0 saturated carbocycles. The van der Waals surface area contributed by atoms with Crippen LogP contribution in [0.3, 0.4) is 0 Å². The molecule has 1 aliphatic heterocycles. The number of nitrogens with two attached hydrogens (primary N) is 1. The topological polar surface area (TPSA) is 287 Å². The van der Waals surface area contributed by atoms with E-state index >= 15 is 0 Å². The molecule has 1 saturated heterocycles. The van der Waals surface area contributed by atoms with Crippen LogP contribution < -0.4 is 115 Å². The van der Waals surface area contributed by atoms with Crippen LogP contribution in [-0.2, 0) is 31.6 Å². The smallest absolute Gasteiger partial charge is 0.790 e. The first-order valence-electron chi connectivity index (χ1n) is 7.95. The van der Waals surface area contributed by atoms with Gasteiger partial charge in [-0.25, -0.2) is 13.9 Å². The van der Waals surface area contributed by atoms with Gasteiger partial charge in [-0.3, -0.25) is 27.7 Å². The second-order valence-electron chi connectivity index (χ2n) is 6.03. The predicted octanol–water partition coefficient (Wildman–Crippen LogP) is -12.2. The van der Waals surface area contributed by atoms with Gasteiger partial charge in [0.2, 0.25) is 5.95 Å². The number of aromatic amines is 1. The zero-order valence-electron chi connectivity index (χ0n) is 17.9. The summed E-state index contributed by atoms with van der Waals surface area (Å²) < 4.78 is 50.9. The zero-order chi connectivity index (χ0) is 23.2. The van der Waals surface area contributed by atoms with Gasteiger partial charge in [0.25, 0.3) is 13.4 Å². The minimum atomic E-state index is -6.09. The number of rotatable bonds is 8. The van der Waals surface area contributed by atoms with Crippen LogP contribution in [0.25, 0.3) is 11.2 Å². The average molecular weight is 573 g/mol. The third-order valence-electron chi connectivity index (χ3n) is 3.77. The Labute approximate surface area is 256 Å². The molecule has 1 aliphatic rings. The van der Waals surface area contributed by atoms with Gasteiger partial charge in [-0.2, -0.15) is 4.98 Å². The van der Waals surface area contributed by atoms with Gasteiger partial charge in [0.1, 0.15) is 12.3 Å². The van der Waals surface area contributed by atoms with E-state index in [2.05, 4.69) is 28.1 Å². The number of nitrogen functional groups attached to an aromatic ring is 1. The molecule has 0 aliphatic carbocycles. The summed E-state index contributed by atoms with van der Waals surface area (Å²) in [5.41, 5.74) is 4.82. The van der Waals surface area contributed by atoms with Gasteiger partial charge in [0, 0.05) is 6.42 Å². The first kappa shape index (κ1) is 35.5. The number of hydrogen-bond acceptors (Lipinski definition) is 15. The van der Waals surface area contributed by atoms with Crippen LogP contribution >= 0.6 is 23.5 Å². The maximum Gasteiger partial charge on any atom is 1.00 e. The number of aliphatic hydroxyl groups excluding tert-OH is 1. The summed E-state index contributed by atoms with van der Waals surface area (Å²) in [5.74, 6) is -0.207. The Morgan fingerprint density at radius 3 is 2.44 bits per heavy atom. The second-order valence-corrected chi connectivity index (χ2v) is 10.3. The molecular formula is C10H13N5Na3O13P3. The maximum absolute atomic E-state index is 11.8. The number of hydrogen-bond donors (Lipinski definition) is 4. The molecule has 3 heterocycles. The van der Waals surface area contributed by atoms with E-state index in [1.165, 1.54) is 10.9 Å². The molecule has 3 rings (SSSR count). The monoisotopic (exact) mass is 573 g/mol. The number of imidazole rings is 1. The first-order chi connectivity index (χ1) is 14.2. The molecule has 5 N–H and O–H groups in total. The zero-order valence-corrected chi connectivity index (χ0v) is 26.6. The molecule has 0 bridgehead atoms. The second kappa shape index (κ2) is 13.5. The Bertz CT molecular complexity index is 1190. The summed E-state index contributed by atoms with van der Waals surface area (Å²) in [4.78, 5) is 63.0. The van der Waals surface area contributed by atoms with Gasteiger partial charge < -0.3 is 39.7 Å². The molecule has 24 heteroatoms. The van der Waals surface area contributed by atoms with Crippen molar-refractivity contribution in [3.05, 3.63) is 16.7 Å². The van der Waals surface area contributed by atoms with E-state index in [1.54, 1.807) is 0 Å². The number of nitrogens with zero attached hydrogens (tertiary/aromatic N) is 3. The van der Waals surface area contributed by atoms with Crippen LogP contribution in [0.15, 0.2) is 11.1 Å². The Morgan fingerprint density at radius 1 is 1.24 bits per heavy atom. The number of anilines is 1. The molecule has 2 aromatic rings. The molecule has 5 atom stereocenters. The molecule has 0 radical (unpaired) electrons. The van der Waals surface area contributed by atoms with Crippen molar-refractivity contribution in [2.45, 2.75) is 24.9 Å². The minimum absolute atomic E-state index is 0. The van der Waals surface area contributed by atoms with Crippen molar-refractivity contribution in [2.24, 2.45) is 0 Å². The van der Waals surface area contributed by atoms with Crippen LogP contribution in [0, 0.1) is 0 Å². The Hall–Kier alpha value is 1.48. The van der Waals surface area contributed by atoms with Crippen molar-refractivity contribution in [2.75, 3.05) is 12.3 Å². The molecule has 34 heavy (non-hydrogen) atoms. The fourth-order valence-electron chi connectivity index (χ4n) is 2.64. The number of H-pyrrole nitrogens is 1. The van der Waals surface area contributed by atoms with Crippen molar-refractivity contribution in [3.8, 4) is 0 Å². The molecule has 2 unspecified atom stereocenters. The van der Waals surface area contributed by atoms with Gasteiger partial charge >= 0.3 is 96.5 Å². The van der Waals surface area contributed by atoms with Gasteiger partial charge in [-0.1, -0.05) is 0 Å². The standard InChI is InChI=1S/C10H16N5O13P3.3Na/c11-10-13-8-7(9(17)14-10)12-3-15(8)6-1-4(16)5(26-6)2-25-30(21,22)28-31(23,24)27-29(18,19)20;;;/h3-6,16H,1-2H2,(H,21,22)(H,23,24)(H2,18,19,20)(H3,11,13,14,17);;;/q;3*+1/p-3/t4-,5+,6+;;;/m0.../s1. The van der Waals surface area contributed by atoms with Crippen molar-refractivity contribution in [1.82, 2.24) is 19.5 Å². The molecule has 1 fully saturated rings. The fraction of sp³-hybridized carbons (Fsp3) is 0.500. The molecule has 0 aromatic carbocycles. The van der Waals surface area contributed by atoms with Crippen LogP contribution in [0.4, 0.5) is 5.95 Å². The summed E-state index contributed by atoms with van der Waals surface area (Å²) in [6, 6.07) is 0. The van der Waals surface area contributed by atoms with E-state index in [4.69, 9.17) is 10.5 Å². The third kappa shape index (κ3) is 9.66. The first-order valence-corrected chi connectivity index (χ1v) is 12.4. The number of ether oxygens (including phenoxy) is 1. The number of nitrogens with one attached hydrogen (secondary N) is 1. The van der Waals surface area contributed by atoms with E-state index in [-0.39, 0.29) is 112 Å². The van der Waals surface area contributed by atoms with Crippen LogP contribution in [0.2, 0.25) is 0 Å². The Balaban J connectivity index is 0.00000363. The Morgan fingerprint density at radius 2 is 1.85 bits per heavy atom. The van der Waals surface area contributed by atoms with E-state index in [1.807, 2.05) is 0 Å². The normalized spacial score (nSPS) is 23.7. The van der Waals surface area contributed by atoms with Gasteiger partial charge in [-0.15, -0.1) is 0 Å². The summed E-state index contributed by atoms with van der Waals surface area (Å²) in [7, 11) is -17.6. The van der Waals surface area contributed by atoms with Crippen molar-refractivity contribution < 1.29 is 145 Å². The van der Waals surface area contributed by atoms with Crippen molar-refractivity contribution in [3.63, 3.8) is 0 Å². The molecule has 0 spiro atoms. The molecule has 0 amide bonds. The van der Waals surface area contributed by atoms with E-state index in [0.29, 0.717) is 0 Å². The van der Waals surface area contributed by atoms with Crippen LogP contribution in [0.1, 0.15) is 12.6 Å². The molecule has 174 valence electrons. The summed E-state index contributed by atoms with van der Waals surface area (Å²) in [6.45, 7) is -0.902. The number of phosphoric ester groups is 1. The predicted molar refractivity (Wildman–Crippen MR) is 90.3 cm³/mol. The fourth-order valence-corrected chi connectivity index (χ4v) is 5.55. The number of aromatic nitrogens is 4. The number of aliphatic hydroxyl groups is 1. The largest absolute Gasteiger partial charge is 1.00 e. The number of phosphoric acid groups is 3.